The highest BCUT2D eigenvalue weighted by Gasteiger charge is 2.27. The van der Waals surface area contributed by atoms with Crippen molar-refractivity contribution in [3.05, 3.63) is 96.1 Å². The number of nitrogens with zero attached hydrogens (tertiary/aromatic N) is 3. The Labute approximate surface area is 198 Å². The van der Waals surface area contributed by atoms with Gasteiger partial charge in [0.15, 0.2) is 0 Å². The Morgan fingerprint density at radius 2 is 1.55 bits per heavy atom. The van der Waals surface area contributed by atoms with Crippen molar-refractivity contribution in [2.75, 3.05) is 31.1 Å². The molecule has 0 saturated carbocycles. The minimum absolute atomic E-state index is 0.101. The quantitative estimate of drug-likeness (QED) is 0.431. The van der Waals surface area contributed by atoms with E-state index in [9.17, 15) is 4.79 Å². The third-order valence-corrected chi connectivity index (χ3v) is 6.55. The predicted octanol–water partition coefficient (Wildman–Crippen LogP) is 5.97. The first-order valence-electron chi connectivity index (χ1n) is 12.2. The number of hydrogen-bond acceptors (Lipinski definition) is 3. The number of anilines is 2. The van der Waals surface area contributed by atoms with Crippen molar-refractivity contribution in [1.82, 2.24) is 9.80 Å². The van der Waals surface area contributed by atoms with E-state index in [2.05, 4.69) is 82.6 Å². The number of para-hydroxylation sites is 1. The maximum atomic E-state index is 13.0. The minimum atomic E-state index is 0.101. The van der Waals surface area contributed by atoms with Gasteiger partial charge in [0.2, 0.25) is 0 Å². The van der Waals surface area contributed by atoms with E-state index in [0.29, 0.717) is 6.04 Å². The van der Waals surface area contributed by atoms with E-state index in [1.165, 1.54) is 17.7 Å². The predicted molar refractivity (Wildman–Crippen MR) is 137 cm³/mol. The second-order valence-corrected chi connectivity index (χ2v) is 8.75. The number of likely N-dealkylation sites (tertiary alicyclic amines) is 1. The average molecular weight is 442 g/mol. The molecule has 1 saturated heterocycles. The van der Waals surface area contributed by atoms with Crippen LogP contribution in [0.4, 0.5) is 11.4 Å². The summed E-state index contributed by atoms with van der Waals surface area (Å²) >= 11 is 0. The van der Waals surface area contributed by atoms with Gasteiger partial charge in [-0.25, -0.2) is 0 Å². The van der Waals surface area contributed by atoms with Crippen LogP contribution in [0.1, 0.15) is 42.6 Å². The number of benzene rings is 3. The lowest BCUT2D eigenvalue weighted by Gasteiger charge is -2.41. The summed E-state index contributed by atoms with van der Waals surface area (Å²) in [4.78, 5) is 19.9. The van der Waals surface area contributed by atoms with Crippen LogP contribution in [0, 0.1) is 0 Å². The van der Waals surface area contributed by atoms with E-state index < -0.39 is 0 Å². The van der Waals surface area contributed by atoms with Gasteiger partial charge in [-0.3, -0.25) is 9.69 Å². The molecule has 3 aromatic carbocycles. The molecular weight excluding hydrogens is 406 g/mol. The maximum Gasteiger partial charge on any atom is 0.253 e. The molecule has 0 N–H and O–H groups in total. The average Bonchev–Trinajstić information content (AvgIpc) is 2.87. The van der Waals surface area contributed by atoms with Crippen molar-refractivity contribution >= 4 is 17.3 Å². The topological polar surface area (TPSA) is 26.8 Å². The molecule has 4 nitrogen and oxygen atoms in total. The first-order chi connectivity index (χ1) is 16.2. The van der Waals surface area contributed by atoms with Gasteiger partial charge in [-0.1, -0.05) is 54.6 Å². The summed E-state index contributed by atoms with van der Waals surface area (Å²) in [5.41, 5.74) is 4.38. The zero-order valence-electron chi connectivity index (χ0n) is 19.9. The summed E-state index contributed by atoms with van der Waals surface area (Å²) in [6.45, 7) is 8.60. The van der Waals surface area contributed by atoms with Gasteiger partial charge in [0, 0.05) is 49.2 Å². The lowest BCUT2D eigenvalue weighted by Crippen LogP contribution is -2.46. The van der Waals surface area contributed by atoms with Gasteiger partial charge in [-0.15, -0.1) is 0 Å². The molecule has 1 aliphatic rings. The van der Waals surface area contributed by atoms with Gasteiger partial charge < -0.3 is 9.80 Å². The fourth-order valence-corrected chi connectivity index (χ4v) is 4.87. The van der Waals surface area contributed by atoms with E-state index >= 15 is 0 Å². The molecule has 0 spiro atoms. The molecule has 1 unspecified atom stereocenters. The Hall–Kier alpha value is -3.11. The summed E-state index contributed by atoms with van der Waals surface area (Å²) in [5.74, 6) is 0.101. The molecule has 33 heavy (non-hydrogen) atoms. The fraction of sp³-hybridized carbons (Fsp3) is 0.345. The standard InChI is InChI=1S/C29H35N3O/c1-3-31(4-2)29(33)25-15-11-18-27(21-25)32(26-16-9-6-10-17-26)28-19-12-20-30(23-28)22-24-13-7-5-8-14-24/h5-11,13-18,21,28H,3-4,12,19-20,22-23H2,1-2H3. The molecule has 172 valence electrons. The molecule has 0 bridgehead atoms. The molecule has 0 radical (unpaired) electrons. The first kappa shape index (κ1) is 23.1. The second-order valence-electron chi connectivity index (χ2n) is 8.75. The van der Waals surface area contributed by atoms with Gasteiger partial charge in [0.1, 0.15) is 0 Å². The third-order valence-electron chi connectivity index (χ3n) is 6.55. The summed E-state index contributed by atoms with van der Waals surface area (Å²) in [6.07, 6.45) is 2.30. The van der Waals surface area contributed by atoms with E-state index in [1.807, 2.05) is 30.9 Å². The van der Waals surface area contributed by atoms with Crippen molar-refractivity contribution in [3.63, 3.8) is 0 Å². The molecular formula is C29H35N3O. The van der Waals surface area contributed by atoms with Crippen LogP contribution in [0.2, 0.25) is 0 Å². The third kappa shape index (κ3) is 5.63. The fourth-order valence-electron chi connectivity index (χ4n) is 4.87. The molecule has 1 atom stereocenters. The Morgan fingerprint density at radius 3 is 2.24 bits per heavy atom. The van der Waals surface area contributed by atoms with Gasteiger partial charge in [0.05, 0.1) is 0 Å². The van der Waals surface area contributed by atoms with Gasteiger partial charge >= 0.3 is 0 Å². The Kier molecular flexibility index (Phi) is 7.79. The van der Waals surface area contributed by atoms with Crippen LogP contribution in [0.3, 0.4) is 0 Å². The highest BCUT2D eigenvalue weighted by Crippen LogP contribution is 2.32. The summed E-state index contributed by atoms with van der Waals surface area (Å²) in [7, 11) is 0. The second kappa shape index (κ2) is 11.2. The number of piperidine rings is 1. The van der Waals surface area contributed by atoms with Gasteiger partial charge in [-0.05, 0) is 69.1 Å². The SMILES string of the molecule is CCN(CC)C(=O)c1cccc(N(c2ccccc2)C2CCCN(Cc3ccccc3)C2)c1. The van der Waals surface area contributed by atoms with Crippen molar-refractivity contribution in [2.24, 2.45) is 0 Å². The highest BCUT2D eigenvalue weighted by atomic mass is 16.2. The van der Waals surface area contributed by atoms with Crippen molar-refractivity contribution < 1.29 is 4.79 Å². The molecule has 0 aliphatic carbocycles. The summed E-state index contributed by atoms with van der Waals surface area (Å²) in [6, 6.07) is 29.9. The zero-order valence-corrected chi connectivity index (χ0v) is 19.9. The number of amides is 1. The van der Waals surface area contributed by atoms with Crippen LogP contribution in [-0.2, 0) is 6.54 Å². The molecule has 0 aromatic heterocycles. The monoisotopic (exact) mass is 441 g/mol. The zero-order chi connectivity index (χ0) is 23.0. The van der Waals surface area contributed by atoms with Crippen LogP contribution in [-0.4, -0.2) is 47.9 Å². The van der Waals surface area contributed by atoms with Gasteiger partial charge in [-0.2, -0.15) is 0 Å². The maximum absolute atomic E-state index is 13.0. The van der Waals surface area contributed by atoms with Crippen molar-refractivity contribution in [2.45, 2.75) is 39.3 Å². The van der Waals surface area contributed by atoms with Crippen LogP contribution in [0.25, 0.3) is 0 Å². The van der Waals surface area contributed by atoms with E-state index in [1.54, 1.807) is 0 Å². The van der Waals surface area contributed by atoms with E-state index in [0.717, 1.165) is 50.4 Å². The number of rotatable bonds is 8. The molecule has 1 fully saturated rings. The lowest BCUT2D eigenvalue weighted by molar-refractivity contribution is 0.0773. The Morgan fingerprint density at radius 1 is 0.879 bits per heavy atom. The first-order valence-corrected chi connectivity index (χ1v) is 12.2. The highest BCUT2D eigenvalue weighted by molar-refractivity contribution is 5.95. The normalized spacial score (nSPS) is 16.4. The van der Waals surface area contributed by atoms with Gasteiger partial charge in [0.25, 0.3) is 5.91 Å². The molecule has 1 amide bonds. The molecule has 4 rings (SSSR count). The van der Waals surface area contributed by atoms with Crippen LogP contribution in [0.5, 0.6) is 0 Å². The number of hydrogen-bond donors (Lipinski definition) is 0. The van der Waals surface area contributed by atoms with Crippen molar-refractivity contribution in [3.8, 4) is 0 Å². The van der Waals surface area contributed by atoms with Crippen LogP contribution < -0.4 is 4.90 Å². The summed E-state index contributed by atoms with van der Waals surface area (Å²) < 4.78 is 0. The molecule has 3 aromatic rings. The van der Waals surface area contributed by atoms with Crippen molar-refractivity contribution in [1.29, 1.82) is 0 Å². The van der Waals surface area contributed by atoms with E-state index in [4.69, 9.17) is 0 Å². The lowest BCUT2D eigenvalue weighted by atomic mass is 10.0. The molecule has 4 heteroatoms. The number of carbonyl (C=O) groups excluding carboxylic acids is 1. The molecule has 1 heterocycles. The van der Waals surface area contributed by atoms with Crippen LogP contribution in [0.15, 0.2) is 84.9 Å². The van der Waals surface area contributed by atoms with E-state index in [-0.39, 0.29) is 5.91 Å². The Bertz CT molecular complexity index is 1020. The smallest absolute Gasteiger partial charge is 0.253 e. The minimum Gasteiger partial charge on any atom is -0.339 e. The number of carbonyl (C=O) groups is 1. The largest absolute Gasteiger partial charge is 0.339 e. The summed E-state index contributed by atoms with van der Waals surface area (Å²) in [5, 5.41) is 0. The molecule has 1 aliphatic heterocycles. The Balaban J connectivity index is 1.62. The van der Waals surface area contributed by atoms with Crippen LogP contribution >= 0.6 is 0 Å².